The van der Waals surface area contributed by atoms with Crippen LogP contribution in [0.4, 0.5) is 18.9 Å². The molecule has 0 radical (unpaired) electrons. The van der Waals surface area contributed by atoms with E-state index in [0.717, 1.165) is 11.5 Å². The van der Waals surface area contributed by atoms with Crippen LogP contribution in [0, 0.1) is 0 Å². The number of aromatic nitrogens is 2. The van der Waals surface area contributed by atoms with Gasteiger partial charge >= 0.3 is 6.18 Å². The van der Waals surface area contributed by atoms with Crippen LogP contribution in [0.15, 0.2) is 53.1 Å². The summed E-state index contributed by atoms with van der Waals surface area (Å²) < 4.78 is 45.4. The van der Waals surface area contributed by atoms with Crippen LogP contribution < -0.4 is 10.6 Å². The molecule has 182 valence electrons. The molecule has 4 aromatic rings. The number of fused-ring (bicyclic) bond motifs is 2. The second-order valence-corrected chi connectivity index (χ2v) is 9.21. The third-order valence-electron chi connectivity index (χ3n) is 6.29. The zero-order valence-electron chi connectivity index (χ0n) is 18.5. The summed E-state index contributed by atoms with van der Waals surface area (Å²) in [6, 6.07) is 13.0. The molecule has 1 amide bonds. The van der Waals surface area contributed by atoms with Gasteiger partial charge in [-0.1, -0.05) is 28.9 Å². The monoisotopic (exact) mass is 502 g/mol. The van der Waals surface area contributed by atoms with Crippen LogP contribution in [0.25, 0.3) is 21.9 Å². The van der Waals surface area contributed by atoms with Gasteiger partial charge in [-0.15, -0.1) is 0 Å². The molecule has 0 bridgehead atoms. The van der Waals surface area contributed by atoms with Crippen molar-refractivity contribution < 1.29 is 22.5 Å². The smallest absolute Gasteiger partial charge is 0.382 e. The molecule has 0 spiro atoms. The maximum absolute atomic E-state index is 13.4. The van der Waals surface area contributed by atoms with Gasteiger partial charge in [-0.3, -0.25) is 4.79 Å². The van der Waals surface area contributed by atoms with E-state index in [0.29, 0.717) is 53.1 Å². The zero-order valence-corrected chi connectivity index (χ0v) is 19.3. The molecule has 1 aliphatic rings. The fraction of sp³-hybridized carbons (Fsp3) is 0.320. The molecule has 2 aromatic carbocycles. The van der Waals surface area contributed by atoms with E-state index in [1.54, 1.807) is 12.1 Å². The molecule has 0 atom stereocenters. The fourth-order valence-electron chi connectivity index (χ4n) is 4.56. The number of alkyl halides is 3. The summed E-state index contributed by atoms with van der Waals surface area (Å²) in [7, 11) is 0. The Morgan fingerprint density at radius 3 is 2.54 bits per heavy atom. The molecule has 5 rings (SSSR count). The van der Waals surface area contributed by atoms with Gasteiger partial charge in [0.1, 0.15) is 11.4 Å². The quantitative estimate of drug-likeness (QED) is 0.343. The van der Waals surface area contributed by atoms with Crippen LogP contribution >= 0.6 is 11.6 Å². The number of nitrogens with one attached hydrogen (secondary N) is 2. The van der Waals surface area contributed by atoms with Crippen LogP contribution in [0.1, 0.15) is 37.1 Å². The van der Waals surface area contributed by atoms with Crippen molar-refractivity contribution in [3.05, 3.63) is 64.9 Å². The van der Waals surface area contributed by atoms with Gasteiger partial charge in [-0.25, -0.2) is 4.98 Å². The Morgan fingerprint density at radius 1 is 1.03 bits per heavy atom. The van der Waals surface area contributed by atoms with E-state index in [-0.39, 0.29) is 29.9 Å². The van der Waals surface area contributed by atoms with Gasteiger partial charge in [0.25, 0.3) is 0 Å². The van der Waals surface area contributed by atoms with Crippen molar-refractivity contribution in [2.75, 3.05) is 5.32 Å². The first-order valence-electron chi connectivity index (χ1n) is 11.3. The van der Waals surface area contributed by atoms with E-state index >= 15 is 0 Å². The lowest BCUT2D eigenvalue weighted by atomic mass is 9.90. The number of hydrogen-bond donors (Lipinski definition) is 2. The number of anilines is 1. The number of halogens is 4. The van der Waals surface area contributed by atoms with Crippen LogP contribution in [-0.2, 0) is 17.4 Å². The normalized spacial score (nSPS) is 18.6. The highest BCUT2D eigenvalue weighted by molar-refractivity contribution is 6.31. The Bertz CT molecular complexity index is 1380. The second-order valence-electron chi connectivity index (χ2n) is 8.78. The molecule has 2 aromatic heterocycles. The molecule has 0 aliphatic heterocycles. The molecule has 6 nitrogen and oxygen atoms in total. The SMILES string of the molecule is O=C(Cc1noc2ccccc12)N[C@H]1CC[C@@H](Nc2cc(C(F)(F)F)nc3ccc(Cl)cc23)CC1. The molecule has 2 N–H and O–H groups in total. The first-order valence-corrected chi connectivity index (χ1v) is 11.7. The van der Waals surface area contributed by atoms with Crippen molar-refractivity contribution in [1.82, 2.24) is 15.5 Å². The van der Waals surface area contributed by atoms with E-state index in [1.807, 2.05) is 18.2 Å². The van der Waals surface area contributed by atoms with Crippen molar-refractivity contribution >= 4 is 45.1 Å². The summed E-state index contributed by atoms with van der Waals surface area (Å²) >= 11 is 6.09. The Kier molecular flexibility index (Phi) is 6.27. The number of carbonyl (C=O) groups is 1. The van der Waals surface area contributed by atoms with Crippen LogP contribution in [0.5, 0.6) is 0 Å². The summed E-state index contributed by atoms with van der Waals surface area (Å²) in [5.74, 6) is -0.134. The number of nitrogens with zero attached hydrogens (tertiary/aromatic N) is 2. The maximum atomic E-state index is 13.4. The van der Waals surface area contributed by atoms with Crippen LogP contribution in [0.3, 0.4) is 0 Å². The van der Waals surface area contributed by atoms with Gasteiger partial charge in [-0.05, 0) is 62.1 Å². The molecule has 1 fully saturated rings. The van der Waals surface area contributed by atoms with E-state index in [4.69, 9.17) is 16.1 Å². The largest absolute Gasteiger partial charge is 0.433 e. The molecular formula is C25H22ClF3N4O2. The van der Waals surface area contributed by atoms with Gasteiger partial charge < -0.3 is 15.2 Å². The van der Waals surface area contributed by atoms with Gasteiger partial charge in [-0.2, -0.15) is 13.2 Å². The molecule has 1 aliphatic carbocycles. The zero-order chi connectivity index (χ0) is 24.6. The highest BCUT2D eigenvalue weighted by Gasteiger charge is 2.34. The predicted octanol–water partition coefficient (Wildman–Crippen LogP) is 6.13. The fourth-order valence-corrected chi connectivity index (χ4v) is 4.73. The van der Waals surface area contributed by atoms with E-state index in [9.17, 15) is 18.0 Å². The second kappa shape index (κ2) is 9.37. The molecule has 0 unspecified atom stereocenters. The molecule has 10 heteroatoms. The summed E-state index contributed by atoms with van der Waals surface area (Å²) in [5.41, 5.74) is 0.872. The Hall–Kier alpha value is -3.33. The number of carbonyl (C=O) groups excluding carboxylic acids is 1. The summed E-state index contributed by atoms with van der Waals surface area (Å²) in [6.07, 6.45) is -1.62. The predicted molar refractivity (Wildman–Crippen MR) is 127 cm³/mol. The van der Waals surface area contributed by atoms with Gasteiger partial charge in [0.15, 0.2) is 5.58 Å². The van der Waals surface area contributed by atoms with E-state index in [1.165, 1.54) is 12.1 Å². The van der Waals surface area contributed by atoms with E-state index < -0.39 is 11.9 Å². The lowest BCUT2D eigenvalue weighted by Crippen LogP contribution is -2.40. The third-order valence-corrected chi connectivity index (χ3v) is 6.53. The topological polar surface area (TPSA) is 80.0 Å². The molecular weight excluding hydrogens is 481 g/mol. The number of benzene rings is 2. The van der Waals surface area contributed by atoms with Crippen molar-refractivity contribution in [1.29, 1.82) is 0 Å². The highest BCUT2D eigenvalue weighted by atomic mass is 35.5. The number of pyridine rings is 1. The van der Waals surface area contributed by atoms with E-state index in [2.05, 4.69) is 20.8 Å². The summed E-state index contributed by atoms with van der Waals surface area (Å²) in [5, 5.41) is 12.1. The number of amides is 1. The average molecular weight is 503 g/mol. The Balaban J connectivity index is 1.22. The van der Waals surface area contributed by atoms with Crippen LogP contribution in [0.2, 0.25) is 5.02 Å². The molecule has 2 heterocycles. The van der Waals surface area contributed by atoms with Crippen molar-refractivity contribution in [3.8, 4) is 0 Å². The maximum Gasteiger partial charge on any atom is 0.433 e. The Morgan fingerprint density at radius 2 is 1.77 bits per heavy atom. The van der Waals surface area contributed by atoms with Crippen molar-refractivity contribution in [2.24, 2.45) is 0 Å². The third kappa shape index (κ3) is 5.19. The summed E-state index contributed by atoms with van der Waals surface area (Å²) in [4.78, 5) is 16.3. The average Bonchev–Trinajstić information content (AvgIpc) is 3.22. The lowest BCUT2D eigenvalue weighted by molar-refractivity contribution is -0.140. The standard InChI is InChI=1S/C25H22ClF3N4O2/c26-14-5-10-19-18(11-14)20(12-23(32-19)25(27,28)29)30-15-6-8-16(9-7-15)31-24(34)13-21-17-3-1-2-4-22(17)35-33-21/h1-5,10-12,15-16H,6-9,13H2,(H,30,32)(H,31,34)/t15-,16+. The molecule has 1 saturated carbocycles. The minimum absolute atomic E-state index is 0.00641. The first kappa shape index (κ1) is 23.4. The number of para-hydroxylation sites is 1. The lowest BCUT2D eigenvalue weighted by Gasteiger charge is -2.30. The molecule has 35 heavy (non-hydrogen) atoms. The Labute approximate surface area is 203 Å². The minimum atomic E-state index is -4.55. The number of rotatable bonds is 5. The summed E-state index contributed by atoms with van der Waals surface area (Å²) in [6.45, 7) is 0. The van der Waals surface area contributed by atoms with Gasteiger partial charge in [0.2, 0.25) is 5.91 Å². The van der Waals surface area contributed by atoms with Gasteiger partial charge in [0.05, 0.1) is 11.9 Å². The minimum Gasteiger partial charge on any atom is -0.382 e. The van der Waals surface area contributed by atoms with Crippen molar-refractivity contribution in [2.45, 2.75) is 50.4 Å². The van der Waals surface area contributed by atoms with Crippen molar-refractivity contribution in [3.63, 3.8) is 0 Å². The van der Waals surface area contributed by atoms with Crippen LogP contribution in [-0.4, -0.2) is 28.1 Å². The highest BCUT2D eigenvalue weighted by Crippen LogP contribution is 2.35. The molecule has 0 saturated heterocycles. The van der Waals surface area contributed by atoms with Gasteiger partial charge in [0, 0.05) is 33.6 Å². The first-order chi connectivity index (χ1) is 16.8. The number of hydrogen-bond acceptors (Lipinski definition) is 5.